The number of nitrogens with one attached hydrogen (secondary N) is 2. The van der Waals surface area contributed by atoms with Gasteiger partial charge in [0.25, 0.3) is 0 Å². The average Bonchev–Trinajstić information content (AvgIpc) is 2.33. The van der Waals surface area contributed by atoms with Gasteiger partial charge in [0.1, 0.15) is 6.67 Å². The van der Waals surface area contributed by atoms with Crippen molar-refractivity contribution in [3.63, 3.8) is 0 Å². The number of nitrogens with two attached hydrogens (primary N) is 1. The first-order valence-electron chi connectivity index (χ1n) is 5.85. The zero-order chi connectivity index (χ0) is 12.5. The van der Waals surface area contributed by atoms with Crippen LogP contribution < -0.4 is 11.1 Å². The van der Waals surface area contributed by atoms with Crippen LogP contribution in [0, 0.1) is 5.41 Å². The second-order valence-electron chi connectivity index (χ2n) is 3.92. The number of hydrogen-bond donors (Lipinski definition) is 3. The summed E-state index contributed by atoms with van der Waals surface area (Å²) in [4.78, 5) is 0. The van der Waals surface area contributed by atoms with Gasteiger partial charge in [0.05, 0.1) is 12.7 Å². The van der Waals surface area contributed by atoms with E-state index in [1.807, 2.05) is 12.2 Å². The summed E-state index contributed by atoms with van der Waals surface area (Å²) >= 11 is 0. The Bertz CT molecular complexity index is 302. The van der Waals surface area contributed by atoms with Crippen molar-refractivity contribution in [2.75, 3.05) is 19.8 Å². The van der Waals surface area contributed by atoms with Gasteiger partial charge in [-0.25, -0.2) is 4.39 Å². The van der Waals surface area contributed by atoms with Crippen LogP contribution in [0.1, 0.15) is 19.3 Å². The van der Waals surface area contributed by atoms with Gasteiger partial charge < -0.3 is 15.8 Å². The number of alkyl halides is 1. The van der Waals surface area contributed by atoms with Crippen LogP contribution in [-0.4, -0.2) is 31.9 Å². The van der Waals surface area contributed by atoms with Crippen LogP contribution >= 0.6 is 0 Å². The minimum atomic E-state index is -0.433. The normalized spacial score (nSPS) is 18.9. The Morgan fingerprint density at radius 3 is 3.06 bits per heavy atom. The zero-order valence-electron chi connectivity index (χ0n) is 9.92. The maximum atomic E-state index is 11.9. The molecule has 0 heterocycles. The lowest BCUT2D eigenvalue weighted by Crippen LogP contribution is -2.30. The second kappa shape index (κ2) is 7.84. The van der Waals surface area contributed by atoms with Gasteiger partial charge in [-0.15, -0.1) is 0 Å². The van der Waals surface area contributed by atoms with Crippen LogP contribution in [0.4, 0.5) is 4.39 Å². The first-order valence-corrected chi connectivity index (χ1v) is 5.85. The number of ether oxygens (including phenoxy) is 1. The molecule has 0 aromatic carbocycles. The summed E-state index contributed by atoms with van der Waals surface area (Å²) in [5.74, 6) is 0.0119. The summed E-state index contributed by atoms with van der Waals surface area (Å²) in [7, 11) is 0. The first kappa shape index (κ1) is 13.7. The van der Waals surface area contributed by atoms with Crippen molar-refractivity contribution in [1.82, 2.24) is 5.32 Å². The predicted molar refractivity (Wildman–Crippen MR) is 66.7 cm³/mol. The zero-order valence-corrected chi connectivity index (χ0v) is 9.92. The largest absolute Gasteiger partial charge is 0.371 e. The van der Waals surface area contributed by atoms with Crippen LogP contribution in [0.25, 0.3) is 0 Å². The number of hydrogen-bond acceptors (Lipinski definition) is 2. The van der Waals surface area contributed by atoms with Crippen LogP contribution in [-0.2, 0) is 4.74 Å². The van der Waals surface area contributed by atoms with E-state index < -0.39 is 6.67 Å². The highest BCUT2D eigenvalue weighted by atomic mass is 19.1. The Kier molecular flexibility index (Phi) is 6.32. The summed E-state index contributed by atoms with van der Waals surface area (Å²) in [6.45, 7) is 0.445. The molecule has 0 aliphatic heterocycles. The molecular weight excluding hydrogens is 221 g/mol. The molecule has 1 aliphatic carbocycles. The van der Waals surface area contributed by atoms with E-state index in [1.165, 1.54) is 5.57 Å². The number of rotatable bonds is 7. The molecule has 96 valence electrons. The predicted octanol–water partition coefficient (Wildman–Crippen LogP) is 1.49. The quantitative estimate of drug-likeness (QED) is 0.359. The molecule has 0 saturated carbocycles. The molecule has 1 aliphatic rings. The maximum Gasteiger partial charge on any atom is 0.185 e. The fraction of sp³-hybridized carbons (Fsp3) is 0.583. The van der Waals surface area contributed by atoms with Crippen molar-refractivity contribution < 1.29 is 9.13 Å². The highest BCUT2D eigenvalue weighted by Gasteiger charge is 2.08. The molecule has 4 nitrogen and oxygen atoms in total. The third-order valence-corrected chi connectivity index (χ3v) is 2.50. The lowest BCUT2D eigenvalue weighted by atomic mass is 10.0. The standard InChI is InChI=1S/C12H20FN3O/c13-7-9-17-11-5-3-10(4-6-11)2-1-8-16-12(14)15/h3-5,11H,1-2,6-9H2,(H4,14,15,16). The van der Waals surface area contributed by atoms with Crippen LogP contribution in [0.15, 0.2) is 23.8 Å². The molecule has 1 rings (SSSR count). The molecular formula is C12H20FN3O. The molecule has 0 bridgehead atoms. The van der Waals surface area contributed by atoms with Crippen molar-refractivity contribution in [3.8, 4) is 0 Å². The molecule has 1 unspecified atom stereocenters. The van der Waals surface area contributed by atoms with Crippen molar-refractivity contribution in [2.45, 2.75) is 25.4 Å². The van der Waals surface area contributed by atoms with E-state index in [0.29, 0.717) is 6.54 Å². The highest BCUT2D eigenvalue weighted by Crippen LogP contribution is 2.17. The molecule has 4 N–H and O–H groups in total. The summed E-state index contributed by atoms with van der Waals surface area (Å²) in [5.41, 5.74) is 6.43. The molecule has 0 saturated heterocycles. The third kappa shape index (κ3) is 6.06. The van der Waals surface area contributed by atoms with Gasteiger partial charge in [0.15, 0.2) is 5.96 Å². The second-order valence-corrected chi connectivity index (χ2v) is 3.92. The van der Waals surface area contributed by atoms with Crippen LogP contribution in [0.5, 0.6) is 0 Å². The molecule has 0 radical (unpaired) electrons. The molecule has 0 aromatic rings. The van der Waals surface area contributed by atoms with Gasteiger partial charge in [0, 0.05) is 6.54 Å². The van der Waals surface area contributed by atoms with Gasteiger partial charge in [-0.2, -0.15) is 0 Å². The Labute approximate surface area is 101 Å². The Balaban J connectivity index is 2.14. The monoisotopic (exact) mass is 241 g/mol. The maximum absolute atomic E-state index is 11.9. The van der Waals surface area contributed by atoms with Crippen molar-refractivity contribution in [3.05, 3.63) is 23.8 Å². The number of halogens is 1. The van der Waals surface area contributed by atoms with Crippen molar-refractivity contribution >= 4 is 5.96 Å². The van der Waals surface area contributed by atoms with E-state index in [4.69, 9.17) is 15.9 Å². The SMILES string of the molecule is N=C(N)NCCCC1=CCC(OCCF)C=C1. The fourth-order valence-corrected chi connectivity index (χ4v) is 1.67. The topological polar surface area (TPSA) is 71.1 Å². The van der Waals surface area contributed by atoms with Crippen LogP contribution in [0.3, 0.4) is 0 Å². The van der Waals surface area contributed by atoms with E-state index in [0.717, 1.165) is 19.3 Å². The minimum absolute atomic E-state index is 0.0119. The minimum Gasteiger partial charge on any atom is -0.371 e. The first-order chi connectivity index (χ1) is 8.22. The molecule has 0 aromatic heterocycles. The smallest absolute Gasteiger partial charge is 0.185 e. The lowest BCUT2D eigenvalue weighted by Gasteiger charge is -2.16. The van der Waals surface area contributed by atoms with Gasteiger partial charge >= 0.3 is 0 Å². The summed E-state index contributed by atoms with van der Waals surface area (Å²) in [6.07, 6.45) is 8.84. The van der Waals surface area contributed by atoms with E-state index in [-0.39, 0.29) is 18.7 Å². The fourth-order valence-electron chi connectivity index (χ4n) is 1.67. The lowest BCUT2D eigenvalue weighted by molar-refractivity contribution is 0.0750. The van der Waals surface area contributed by atoms with E-state index in [2.05, 4.69) is 11.4 Å². The van der Waals surface area contributed by atoms with Gasteiger partial charge in [0.2, 0.25) is 0 Å². The molecule has 1 atom stereocenters. The third-order valence-electron chi connectivity index (χ3n) is 2.50. The van der Waals surface area contributed by atoms with Gasteiger partial charge in [-0.3, -0.25) is 5.41 Å². The highest BCUT2D eigenvalue weighted by molar-refractivity contribution is 5.74. The molecule has 5 heteroatoms. The Morgan fingerprint density at radius 1 is 1.65 bits per heavy atom. The van der Waals surface area contributed by atoms with E-state index in [1.54, 1.807) is 0 Å². The molecule has 0 spiro atoms. The Hall–Kier alpha value is -1.36. The van der Waals surface area contributed by atoms with Crippen LogP contribution in [0.2, 0.25) is 0 Å². The summed E-state index contributed by atoms with van der Waals surface area (Å²) in [5, 5.41) is 9.76. The molecule has 0 fully saturated rings. The summed E-state index contributed by atoms with van der Waals surface area (Å²) in [6, 6.07) is 0. The van der Waals surface area contributed by atoms with Gasteiger partial charge in [-0.05, 0) is 19.3 Å². The van der Waals surface area contributed by atoms with Crippen molar-refractivity contribution in [2.24, 2.45) is 5.73 Å². The van der Waals surface area contributed by atoms with E-state index in [9.17, 15) is 4.39 Å². The van der Waals surface area contributed by atoms with Crippen molar-refractivity contribution in [1.29, 1.82) is 5.41 Å². The number of allylic oxidation sites excluding steroid dienone is 2. The van der Waals surface area contributed by atoms with E-state index >= 15 is 0 Å². The Morgan fingerprint density at radius 2 is 2.47 bits per heavy atom. The number of guanidine groups is 1. The molecule has 0 amide bonds. The summed E-state index contributed by atoms with van der Waals surface area (Å²) < 4.78 is 17.2. The average molecular weight is 241 g/mol. The molecule has 17 heavy (non-hydrogen) atoms. The van der Waals surface area contributed by atoms with Gasteiger partial charge in [-0.1, -0.05) is 23.8 Å².